The number of thiocarbonyl (C=S) groups is 1. The molecule has 0 unspecified atom stereocenters. The monoisotopic (exact) mass is 368 g/mol. The lowest BCUT2D eigenvalue weighted by atomic mass is 10.1. The van der Waals surface area contributed by atoms with Crippen molar-refractivity contribution in [2.45, 2.75) is 13.8 Å². The Morgan fingerprint density at radius 2 is 1.62 bits per heavy atom. The van der Waals surface area contributed by atoms with Crippen molar-refractivity contribution in [1.29, 1.82) is 0 Å². The molecule has 2 heterocycles. The Morgan fingerprint density at radius 3 is 2.15 bits per heavy atom. The van der Waals surface area contributed by atoms with Crippen LogP contribution in [0.15, 0.2) is 35.9 Å². The first-order valence-electron chi connectivity index (χ1n) is 8.13. The van der Waals surface area contributed by atoms with Gasteiger partial charge in [0.05, 0.1) is 0 Å². The molecule has 1 aromatic carbocycles. The molecule has 3 rings (SSSR count). The molecule has 26 heavy (non-hydrogen) atoms. The number of anilines is 1. The van der Waals surface area contributed by atoms with Gasteiger partial charge >= 0.3 is 0 Å². The number of rotatable bonds is 3. The molecule has 1 aromatic heterocycles. The summed E-state index contributed by atoms with van der Waals surface area (Å²) in [5.74, 6) is -0.974. The van der Waals surface area contributed by atoms with E-state index in [9.17, 15) is 9.59 Å². The van der Waals surface area contributed by atoms with Crippen molar-refractivity contribution in [2.75, 3.05) is 19.0 Å². The number of aromatic nitrogens is 1. The van der Waals surface area contributed by atoms with E-state index in [1.807, 2.05) is 51.0 Å². The first kappa shape index (κ1) is 17.9. The first-order chi connectivity index (χ1) is 12.3. The Kier molecular flexibility index (Phi) is 4.65. The maximum absolute atomic E-state index is 12.1. The highest BCUT2D eigenvalue weighted by molar-refractivity contribution is 7.80. The van der Waals surface area contributed by atoms with Gasteiger partial charge in [-0.15, -0.1) is 0 Å². The summed E-state index contributed by atoms with van der Waals surface area (Å²) < 4.78 is 2.09. The van der Waals surface area contributed by atoms with Gasteiger partial charge in [-0.3, -0.25) is 20.2 Å². The van der Waals surface area contributed by atoms with Crippen molar-refractivity contribution in [2.24, 2.45) is 0 Å². The van der Waals surface area contributed by atoms with E-state index in [1.54, 1.807) is 6.08 Å². The summed E-state index contributed by atoms with van der Waals surface area (Å²) in [6.07, 6.45) is 1.60. The normalized spacial score (nSPS) is 14.2. The highest BCUT2D eigenvalue weighted by Crippen LogP contribution is 2.24. The fourth-order valence-corrected chi connectivity index (χ4v) is 3.18. The molecule has 0 bridgehead atoms. The summed E-state index contributed by atoms with van der Waals surface area (Å²) in [4.78, 5) is 26.2. The number of amides is 2. The number of carbonyl (C=O) groups is 2. The molecular formula is C19H20N4O2S. The minimum absolute atomic E-state index is 0.0311. The van der Waals surface area contributed by atoms with Crippen LogP contribution < -0.4 is 15.5 Å². The van der Waals surface area contributed by atoms with Crippen molar-refractivity contribution >= 4 is 40.9 Å². The molecule has 0 spiro atoms. The number of nitrogens with one attached hydrogen (secondary N) is 2. The number of benzene rings is 1. The van der Waals surface area contributed by atoms with E-state index < -0.39 is 11.8 Å². The van der Waals surface area contributed by atoms with Gasteiger partial charge in [0.1, 0.15) is 5.57 Å². The molecule has 1 saturated heterocycles. The zero-order valence-electron chi connectivity index (χ0n) is 15.1. The molecule has 1 aliphatic heterocycles. The summed E-state index contributed by atoms with van der Waals surface area (Å²) >= 11 is 4.82. The molecule has 1 aliphatic rings. The summed E-state index contributed by atoms with van der Waals surface area (Å²) in [7, 11) is 3.99. The van der Waals surface area contributed by atoms with Gasteiger partial charge in [0.15, 0.2) is 5.11 Å². The third kappa shape index (κ3) is 3.25. The minimum atomic E-state index is -0.487. The van der Waals surface area contributed by atoms with E-state index in [0.29, 0.717) is 0 Å². The molecule has 2 N–H and O–H groups in total. The van der Waals surface area contributed by atoms with Crippen molar-refractivity contribution in [3.63, 3.8) is 0 Å². The standard InChI is InChI=1S/C19H20N4O2S/c1-11-9-13(10-16-17(24)20-19(26)21-18(16)25)12(2)23(11)15-7-5-14(6-8-15)22(3)4/h5-10H,1-4H3,(H2,20,21,24,25,26). The summed E-state index contributed by atoms with van der Waals surface area (Å²) in [6.45, 7) is 3.95. The topological polar surface area (TPSA) is 66.4 Å². The molecular weight excluding hydrogens is 348 g/mol. The van der Waals surface area contributed by atoms with Crippen LogP contribution in [0.3, 0.4) is 0 Å². The molecule has 0 aliphatic carbocycles. The Bertz CT molecular complexity index is 917. The number of hydrogen-bond donors (Lipinski definition) is 2. The fraction of sp³-hybridized carbons (Fsp3) is 0.211. The van der Waals surface area contributed by atoms with Gasteiger partial charge in [-0.2, -0.15) is 0 Å². The number of carbonyl (C=O) groups excluding carboxylic acids is 2. The van der Waals surface area contributed by atoms with Gasteiger partial charge in [-0.05, 0) is 68.0 Å². The zero-order valence-corrected chi connectivity index (χ0v) is 15.9. The van der Waals surface area contributed by atoms with Crippen LogP contribution in [-0.4, -0.2) is 35.6 Å². The smallest absolute Gasteiger partial charge is 0.263 e. The minimum Gasteiger partial charge on any atom is -0.378 e. The van der Waals surface area contributed by atoms with E-state index >= 15 is 0 Å². The summed E-state index contributed by atoms with van der Waals surface area (Å²) in [5, 5.41) is 4.93. The van der Waals surface area contributed by atoms with E-state index in [1.165, 1.54) is 0 Å². The molecule has 0 radical (unpaired) electrons. The zero-order chi connectivity index (χ0) is 19.0. The van der Waals surface area contributed by atoms with Crippen LogP contribution in [0.4, 0.5) is 5.69 Å². The Hall–Kier alpha value is -2.93. The second-order valence-corrected chi connectivity index (χ2v) is 6.78. The molecule has 2 aromatic rings. The second kappa shape index (κ2) is 6.76. The van der Waals surface area contributed by atoms with Crippen LogP contribution in [-0.2, 0) is 9.59 Å². The molecule has 1 fully saturated rings. The predicted molar refractivity (Wildman–Crippen MR) is 106 cm³/mol. The Labute approximate surface area is 157 Å². The Morgan fingerprint density at radius 1 is 1.04 bits per heavy atom. The SMILES string of the molecule is Cc1cc(C=C2C(=O)NC(=S)NC2=O)c(C)n1-c1ccc(N(C)C)cc1. The van der Waals surface area contributed by atoms with Crippen LogP contribution in [0.5, 0.6) is 0 Å². The van der Waals surface area contributed by atoms with Crippen LogP contribution in [0.1, 0.15) is 17.0 Å². The van der Waals surface area contributed by atoms with Crippen molar-refractivity contribution in [3.8, 4) is 5.69 Å². The lowest BCUT2D eigenvalue weighted by Crippen LogP contribution is -2.51. The maximum atomic E-state index is 12.1. The van der Waals surface area contributed by atoms with E-state index in [4.69, 9.17) is 12.2 Å². The third-order valence-electron chi connectivity index (χ3n) is 4.34. The average molecular weight is 368 g/mol. The van der Waals surface area contributed by atoms with E-state index in [-0.39, 0.29) is 10.7 Å². The van der Waals surface area contributed by atoms with Gasteiger partial charge in [-0.25, -0.2) is 0 Å². The lowest BCUT2D eigenvalue weighted by molar-refractivity contribution is -0.123. The van der Waals surface area contributed by atoms with Gasteiger partial charge in [-0.1, -0.05) is 0 Å². The van der Waals surface area contributed by atoms with Crippen LogP contribution >= 0.6 is 12.2 Å². The van der Waals surface area contributed by atoms with Crippen molar-refractivity contribution in [3.05, 3.63) is 52.9 Å². The largest absolute Gasteiger partial charge is 0.378 e. The predicted octanol–water partition coefficient (Wildman–Crippen LogP) is 2.07. The van der Waals surface area contributed by atoms with Gasteiger partial charge in [0, 0.05) is 36.9 Å². The van der Waals surface area contributed by atoms with Crippen molar-refractivity contribution < 1.29 is 9.59 Å². The second-order valence-electron chi connectivity index (χ2n) is 6.37. The first-order valence-corrected chi connectivity index (χ1v) is 8.54. The highest BCUT2D eigenvalue weighted by Gasteiger charge is 2.26. The molecule has 7 heteroatoms. The van der Waals surface area contributed by atoms with E-state index in [2.05, 4.69) is 27.3 Å². The quantitative estimate of drug-likeness (QED) is 0.495. The average Bonchev–Trinajstić information content (AvgIpc) is 2.84. The Balaban J connectivity index is 2.01. The fourth-order valence-electron chi connectivity index (χ4n) is 2.99. The highest BCUT2D eigenvalue weighted by atomic mass is 32.1. The molecule has 2 amide bonds. The summed E-state index contributed by atoms with van der Waals surface area (Å²) in [5.41, 5.74) is 4.95. The molecule has 0 saturated carbocycles. The third-order valence-corrected chi connectivity index (χ3v) is 4.54. The number of nitrogens with zero attached hydrogens (tertiary/aromatic N) is 2. The van der Waals surface area contributed by atoms with Gasteiger partial charge < -0.3 is 9.47 Å². The molecule has 6 nitrogen and oxygen atoms in total. The summed E-state index contributed by atoms with van der Waals surface area (Å²) in [6, 6.07) is 10.1. The molecule has 0 atom stereocenters. The van der Waals surface area contributed by atoms with Crippen LogP contribution in [0, 0.1) is 13.8 Å². The number of hydrogen-bond acceptors (Lipinski definition) is 4. The van der Waals surface area contributed by atoms with Gasteiger partial charge in [0.2, 0.25) is 0 Å². The van der Waals surface area contributed by atoms with E-state index in [0.717, 1.165) is 28.3 Å². The number of aryl methyl sites for hydroxylation is 1. The van der Waals surface area contributed by atoms with Crippen LogP contribution in [0.25, 0.3) is 11.8 Å². The van der Waals surface area contributed by atoms with Gasteiger partial charge in [0.25, 0.3) is 11.8 Å². The van der Waals surface area contributed by atoms with Crippen molar-refractivity contribution in [1.82, 2.24) is 15.2 Å². The lowest BCUT2D eigenvalue weighted by Gasteiger charge is -2.16. The maximum Gasteiger partial charge on any atom is 0.263 e. The molecule has 134 valence electrons. The van der Waals surface area contributed by atoms with Crippen LogP contribution in [0.2, 0.25) is 0 Å².